The molecule has 35 heavy (non-hydrogen) atoms. The molecule has 3 aromatic rings. The first-order valence-electron chi connectivity index (χ1n) is 11.4. The van der Waals surface area contributed by atoms with E-state index in [4.69, 9.17) is 4.98 Å². The summed E-state index contributed by atoms with van der Waals surface area (Å²) in [6, 6.07) is 14.6. The standard InChI is InChI=1S/C26H33N5O3S/c1-7-23(32)19-11-13-20(14-12-19)29-25-28-17-22(26(2,3)4)24(30-25)27-16-18-9-8-10-21(15-18)31(5)35(6,33)34/h8-15,17H,7,16H2,1-6H3,(H2,27,28,29,30). The Morgan fingerprint density at radius 2 is 1.77 bits per heavy atom. The van der Waals surface area contributed by atoms with Crippen LogP contribution in [0.25, 0.3) is 0 Å². The Morgan fingerprint density at radius 3 is 2.37 bits per heavy atom. The number of carbonyl (C=O) groups is 1. The molecule has 0 fully saturated rings. The molecule has 0 atom stereocenters. The van der Waals surface area contributed by atoms with Gasteiger partial charge >= 0.3 is 0 Å². The van der Waals surface area contributed by atoms with Crippen LogP contribution < -0.4 is 14.9 Å². The molecule has 0 bridgehead atoms. The van der Waals surface area contributed by atoms with Crippen LogP contribution in [0.2, 0.25) is 0 Å². The highest BCUT2D eigenvalue weighted by molar-refractivity contribution is 7.92. The van der Waals surface area contributed by atoms with Crippen molar-refractivity contribution in [1.82, 2.24) is 9.97 Å². The average molecular weight is 496 g/mol. The lowest BCUT2D eigenvalue weighted by atomic mass is 9.88. The van der Waals surface area contributed by atoms with Crippen LogP contribution >= 0.6 is 0 Å². The largest absolute Gasteiger partial charge is 0.366 e. The summed E-state index contributed by atoms with van der Waals surface area (Å²) < 4.78 is 25.1. The minimum absolute atomic E-state index is 0.0978. The number of nitrogens with one attached hydrogen (secondary N) is 2. The van der Waals surface area contributed by atoms with Gasteiger partial charge in [-0.25, -0.2) is 13.4 Å². The molecule has 3 rings (SSSR count). The van der Waals surface area contributed by atoms with Crippen molar-refractivity contribution in [1.29, 1.82) is 0 Å². The van der Waals surface area contributed by atoms with Crippen molar-refractivity contribution in [3.63, 3.8) is 0 Å². The van der Waals surface area contributed by atoms with Crippen LogP contribution in [0.4, 0.5) is 23.1 Å². The first-order chi connectivity index (χ1) is 16.4. The van der Waals surface area contributed by atoms with Gasteiger partial charge in [0.2, 0.25) is 16.0 Å². The molecule has 0 aliphatic heterocycles. The van der Waals surface area contributed by atoms with Crippen molar-refractivity contribution >= 4 is 38.9 Å². The molecular weight excluding hydrogens is 462 g/mol. The fourth-order valence-corrected chi connectivity index (χ4v) is 3.93. The van der Waals surface area contributed by atoms with Crippen molar-refractivity contribution < 1.29 is 13.2 Å². The number of anilines is 4. The molecule has 0 saturated carbocycles. The fourth-order valence-electron chi connectivity index (χ4n) is 3.44. The molecule has 1 aromatic heterocycles. The van der Waals surface area contributed by atoms with Gasteiger partial charge in [-0.15, -0.1) is 0 Å². The number of carbonyl (C=O) groups excluding carboxylic acids is 1. The van der Waals surface area contributed by atoms with Crippen LogP contribution in [0.1, 0.15) is 55.6 Å². The van der Waals surface area contributed by atoms with Crippen LogP contribution in [0.3, 0.4) is 0 Å². The molecule has 0 unspecified atom stereocenters. The molecule has 2 N–H and O–H groups in total. The number of sulfonamides is 1. The summed E-state index contributed by atoms with van der Waals surface area (Å²) in [5, 5.41) is 6.59. The number of nitrogens with zero attached hydrogens (tertiary/aromatic N) is 3. The number of aromatic nitrogens is 2. The molecule has 1 heterocycles. The molecule has 0 spiro atoms. The van der Waals surface area contributed by atoms with Gasteiger partial charge in [-0.05, 0) is 47.4 Å². The number of hydrogen-bond acceptors (Lipinski definition) is 7. The van der Waals surface area contributed by atoms with Gasteiger partial charge in [0.05, 0.1) is 11.9 Å². The molecule has 0 radical (unpaired) electrons. The SMILES string of the molecule is CCC(=O)c1ccc(Nc2ncc(C(C)(C)C)c(NCc3cccc(N(C)S(C)(=O)=O)c3)n2)cc1. The number of rotatable bonds is 9. The van der Waals surface area contributed by atoms with E-state index in [0.29, 0.717) is 36.0 Å². The van der Waals surface area contributed by atoms with E-state index in [1.165, 1.54) is 17.6 Å². The normalized spacial score (nSPS) is 11.7. The quantitative estimate of drug-likeness (QED) is 0.397. The van der Waals surface area contributed by atoms with Gasteiger partial charge in [-0.3, -0.25) is 9.10 Å². The van der Waals surface area contributed by atoms with Gasteiger partial charge in [0, 0.05) is 43.0 Å². The van der Waals surface area contributed by atoms with Gasteiger partial charge in [-0.2, -0.15) is 4.98 Å². The van der Waals surface area contributed by atoms with Crippen molar-refractivity contribution in [2.75, 3.05) is 28.2 Å². The Kier molecular flexibility index (Phi) is 7.80. The molecule has 2 aromatic carbocycles. The second-order valence-corrected chi connectivity index (χ2v) is 11.5. The van der Waals surface area contributed by atoms with E-state index in [2.05, 4.69) is 36.4 Å². The Bertz CT molecular complexity index is 1300. The molecular formula is C26H33N5O3S. The fraction of sp³-hybridized carbons (Fsp3) is 0.346. The third-order valence-corrected chi connectivity index (χ3v) is 6.82. The second kappa shape index (κ2) is 10.4. The lowest BCUT2D eigenvalue weighted by Crippen LogP contribution is -2.24. The van der Waals surface area contributed by atoms with Crippen molar-refractivity contribution in [2.24, 2.45) is 0 Å². The summed E-state index contributed by atoms with van der Waals surface area (Å²) in [6.07, 6.45) is 3.45. The minimum atomic E-state index is -3.35. The summed E-state index contributed by atoms with van der Waals surface area (Å²) in [6.45, 7) is 8.58. The maximum atomic E-state index is 11.9. The zero-order chi connectivity index (χ0) is 25.8. The van der Waals surface area contributed by atoms with Gasteiger partial charge in [0.25, 0.3) is 0 Å². The maximum Gasteiger partial charge on any atom is 0.231 e. The van der Waals surface area contributed by atoms with E-state index < -0.39 is 10.0 Å². The first-order valence-corrected chi connectivity index (χ1v) is 13.3. The Balaban J connectivity index is 1.83. The van der Waals surface area contributed by atoms with E-state index in [1.807, 2.05) is 37.3 Å². The molecule has 0 aliphatic rings. The lowest BCUT2D eigenvalue weighted by molar-refractivity contribution is 0.0988. The predicted molar refractivity (Wildman–Crippen MR) is 142 cm³/mol. The average Bonchev–Trinajstić information content (AvgIpc) is 2.81. The molecule has 0 saturated heterocycles. The zero-order valence-corrected chi connectivity index (χ0v) is 21.9. The Morgan fingerprint density at radius 1 is 1.09 bits per heavy atom. The predicted octanol–water partition coefficient (Wildman–Crippen LogP) is 5.12. The lowest BCUT2D eigenvalue weighted by Gasteiger charge is -2.23. The molecule has 186 valence electrons. The summed E-state index contributed by atoms with van der Waals surface area (Å²) in [5.41, 5.74) is 3.73. The van der Waals surface area contributed by atoms with Crippen LogP contribution in [-0.4, -0.2) is 37.5 Å². The number of benzene rings is 2. The Labute approximate surface area is 207 Å². The van der Waals surface area contributed by atoms with E-state index >= 15 is 0 Å². The van der Waals surface area contributed by atoms with Crippen LogP contribution in [0.15, 0.2) is 54.7 Å². The van der Waals surface area contributed by atoms with E-state index in [9.17, 15) is 13.2 Å². The van der Waals surface area contributed by atoms with E-state index in [-0.39, 0.29) is 11.2 Å². The molecule has 9 heteroatoms. The Hall–Kier alpha value is -3.46. The van der Waals surface area contributed by atoms with Crippen LogP contribution in [-0.2, 0) is 22.0 Å². The van der Waals surface area contributed by atoms with Crippen molar-refractivity contribution in [2.45, 2.75) is 46.1 Å². The van der Waals surface area contributed by atoms with Crippen molar-refractivity contribution in [3.05, 3.63) is 71.4 Å². The van der Waals surface area contributed by atoms with Crippen LogP contribution in [0.5, 0.6) is 0 Å². The van der Waals surface area contributed by atoms with Gasteiger partial charge in [-0.1, -0.05) is 39.8 Å². The molecule has 0 aliphatic carbocycles. The van der Waals surface area contributed by atoms with Crippen molar-refractivity contribution in [3.8, 4) is 0 Å². The summed E-state index contributed by atoms with van der Waals surface area (Å²) in [4.78, 5) is 21.1. The van der Waals surface area contributed by atoms with E-state index in [0.717, 1.165) is 16.8 Å². The highest BCUT2D eigenvalue weighted by Gasteiger charge is 2.21. The molecule has 0 amide bonds. The third-order valence-electron chi connectivity index (χ3n) is 5.61. The second-order valence-electron chi connectivity index (χ2n) is 9.44. The molecule has 8 nitrogen and oxygen atoms in total. The minimum Gasteiger partial charge on any atom is -0.366 e. The van der Waals surface area contributed by atoms with Gasteiger partial charge in [0.1, 0.15) is 5.82 Å². The van der Waals surface area contributed by atoms with Gasteiger partial charge in [0.15, 0.2) is 5.78 Å². The third kappa shape index (κ3) is 6.79. The topological polar surface area (TPSA) is 104 Å². The zero-order valence-electron chi connectivity index (χ0n) is 21.1. The first kappa shape index (κ1) is 26.2. The summed E-state index contributed by atoms with van der Waals surface area (Å²) in [5.74, 6) is 1.22. The van der Waals surface area contributed by atoms with Gasteiger partial charge < -0.3 is 10.6 Å². The number of hydrogen-bond donors (Lipinski definition) is 2. The van der Waals surface area contributed by atoms with E-state index in [1.54, 1.807) is 24.4 Å². The summed E-state index contributed by atoms with van der Waals surface area (Å²) in [7, 11) is -1.81. The highest BCUT2D eigenvalue weighted by Crippen LogP contribution is 2.29. The monoisotopic (exact) mass is 495 g/mol. The maximum absolute atomic E-state index is 11.9. The number of Topliss-reactive ketones (excluding diaryl/α,β-unsaturated/α-hetero) is 1. The smallest absolute Gasteiger partial charge is 0.231 e. The van der Waals surface area contributed by atoms with Crippen LogP contribution in [0, 0.1) is 0 Å². The number of ketones is 1. The highest BCUT2D eigenvalue weighted by atomic mass is 32.2. The summed E-state index contributed by atoms with van der Waals surface area (Å²) >= 11 is 0.